The van der Waals surface area contributed by atoms with Crippen molar-refractivity contribution in [3.63, 3.8) is 0 Å². The number of anilines is 1. The largest absolute Gasteiger partial charge is 0.466 e. The third-order valence-electron chi connectivity index (χ3n) is 4.30. The molecule has 2 aromatic heterocycles. The van der Waals surface area contributed by atoms with E-state index in [2.05, 4.69) is 34.6 Å². The summed E-state index contributed by atoms with van der Waals surface area (Å²) in [5.74, 6) is 1.12. The molecule has 0 saturated heterocycles. The predicted octanol–water partition coefficient (Wildman–Crippen LogP) is 5.94. The number of aromatic nitrogens is 1. The summed E-state index contributed by atoms with van der Waals surface area (Å²) in [7, 11) is 0. The molecular weight excluding hydrogens is 356 g/mol. The van der Waals surface area contributed by atoms with Crippen molar-refractivity contribution in [2.75, 3.05) is 5.32 Å². The van der Waals surface area contributed by atoms with Crippen LogP contribution in [0.2, 0.25) is 0 Å². The average Bonchev–Trinajstić information content (AvgIpc) is 3.28. The maximum Gasteiger partial charge on any atom is 0.260 e. The second kappa shape index (κ2) is 7.21. The van der Waals surface area contributed by atoms with Gasteiger partial charge in [0.05, 0.1) is 11.3 Å². The molecule has 2 heterocycles. The van der Waals surface area contributed by atoms with Crippen molar-refractivity contribution in [3.05, 3.63) is 83.1 Å². The van der Waals surface area contributed by atoms with E-state index in [-0.39, 0.29) is 5.91 Å². The van der Waals surface area contributed by atoms with Crippen LogP contribution in [0, 0.1) is 13.8 Å². The fourth-order valence-corrected chi connectivity index (χ4v) is 3.66. The topological polar surface area (TPSA) is 55.1 Å². The summed E-state index contributed by atoms with van der Waals surface area (Å²) >= 11 is 1.41. The van der Waals surface area contributed by atoms with E-state index in [1.807, 2.05) is 42.6 Å². The minimum absolute atomic E-state index is 0.204. The molecule has 1 N–H and O–H groups in total. The Bertz CT molecular complexity index is 1080. The summed E-state index contributed by atoms with van der Waals surface area (Å²) in [5, 5.41) is 5.36. The first-order valence-corrected chi connectivity index (χ1v) is 9.48. The normalized spacial score (nSPS) is 10.7. The Balaban J connectivity index is 1.51. The van der Waals surface area contributed by atoms with Gasteiger partial charge in [0, 0.05) is 10.9 Å². The maximum atomic E-state index is 12.4. The van der Waals surface area contributed by atoms with Crippen LogP contribution in [0.4, 0.5) is 5.13 Å². The van der Waals surface area contributed by atoms with Crippen LogP contribution in [0.5, 0.6) is 0 Å². The molecule has 4 nitrogen and oxygen atoms in total. The molecule has 0 atom stereocenters. The minimum Gasteiger partial charge on any atom is -0.466 e. The van der Waals surface area contributed by atoms with Gasteiger partial charge in [-0.15, -0.1) is 11.3 Å². The molecule has 0 aliphatic heterocycles. The summed E-state index contributed by atoms with van der Waals surface area (Å²) in [6, 6.07) is 20.2. The van der Waals surface area contributed by atoms with E-state index in [1.54, 1.807) is 13.0 Å². The number of carbonyl (C=O) groups excluding carboxylic acids is 1. The fraction of sp³-hybridized carbons (Fsp3) is 0.0909. The summed E-state index contributed by atoms with van der Waals surface area (Å²) in [6.45, 7) is 3.61. The minimum atomic E-state index is -0.204. The summed E-state index contributed by atoms with van der Waals surface area (Å²) in [4.78, 5) is 16.9. The maximum absolute atomic E-state index is 12.4. The molecule has 0 unspecified atom stereocenters. The average molecular weight is 374 g/mol. The van der Waals surface area contributed by atoms with E-state index >= 15 is 0 Å². The number of benzene rings is 2. The zero-order valence-electron chi connectivity index (χ0n) is 15.0. The molecule has 5 heteroatoms. The Hall–Kier alpha value is -3.18. The Morgan fingerprint density at radius 2 is 1.63 bits per heavy atom. The molecule has 2 aromatic carbocycles. The number of hydrogen-bond acceptors (Lipinski definition) is 4. The lowest BCUT2D eigenvalue weighted by molar-refractivity contribution is 0.102. The highest BCUT2D eigenvalue weighted by Crippen LogP contribution is 2.28. The standard InChI is InChI=1S/C22H18N2O2S/c1-14-12-19(15(2)26-14)21(25)24-22-23-20(13-27-22)18-10-8-17(9-11-18)16-6-4-3-5-7-16/h3-13H,1-2H3,(H,23,24,25). The van der Waals surface area contributed by atoms with Crippen molar-refractivity contribution in [2.45, 2.75) is 13.8 Å². The van der Waals surface area contributed by atoms with Crippen LogP contribution >= 0.6 is 11.3 Å². The van der Waals surface area contributed by atoms with Crippen molar-refractivity contribution in [1.29, 1.82) is 0 Å². The number of furan rings is 1. The third kappa shape index (κ3) is 3.68. The molecule has 4 aromatic rings. The van der Waals surface area contributed by atoms with Gasteiger partial charge in [0.2, 0.25) is 0 Å². The molecule has 4 rings (SSSR count). The van der Waals surface area contributed by atoms with Crippen molar-refractivity contribution in [2.24, 2.45) is 0 Å². The zero-order chi connectivity index (χ0) is 18.8. The molecule has 27 heavy (non-hydrogen) atoms. The molecular formula is C22H18N2O2S. The number of hydrogen-bond donors (Lipinski definition) is 1. The van der Waals surface area contributed by atoms with Crippen LogP contribution in [-0.4, -0.2) is 10.9 Å². The molecule has 0 saturated carbocycles. The Labute approximate surface area is 161 Å². The predicted molar refractivity (Wildman–Crippen MR) is 109 cm³/mol. The molecule has 0 aliphatic carbocycles. The Morgan fingerprint density at radius 3 is 2.30 bits per heavy atom. The number of aryl methyl sites for hydroxylation is 2. The van der Waals surface area contributed by atoms with Crippen LogP contribution in [0.15, 0.2) is 70.5 Å². The van der Waals surface area contributed by atoms with E-state index < -0.39 is 0 Å². The SMILES string of the molecule is Cc1cc(C(=O)Nc2nc(-c3ccc(-c4ccccc4)cc3)cs2)c(C)o1. The highest BCUT2D eigenvalue weighted by molar-refractivity contribution is 7.14. The van der Waals surface area contributed by atoms with Crippen molar-refractivity contribution >= 4 is 22.4 Å². The Kier molecular flexibility index (Phi) is 4.60. The number of thiazole rings is 1. The number of rotatable bonds is 4. The van der Waals surface area contributed by atoms with Gasteiger partial charge in [0.25, 0.3) is 5.91 Å². The van der Waals surface area contributed by atoms with Gasteiger partial charge in [-0.1, -0.05) is 54.6 Å². The first-order valence-electron chi connectivity index (χ1n) is 8.60. The van der Waals surface area contributed by atoms with Crippen LogP contribution in [0.3, 0.4) is 0 Å². The monoisotopic (exact) mass is 374 g/mol. The van der Waals surface area contributed by atoms with E-state index in [9.17, 15) is 4.79 Å². The van der Waals surface area contributed by atoms with Crippen molar-refractivity contribution < 1.29 is 9.21 Å². The van der Waals surface area contributed by atoms with E-state index in [1.165, 1.54) is 16.9 Å². The lowest BCUT2D eigenvalue weighted by atomic mass is 10.0. The smallest absolute Gasteiger partial charge is 0.260 e. The fourth-order valence-electron chi connectivity index (χ4n) is 2.95. The van der Waals surface area contributed by atoms with Crippen molar-refractivity contribution in [3.8, 4) is 22.4 Å². The third-order valence-corrected chi connectivity index (χ3v) is 5.06. The lowest BCUT2D eigenvalue weighted by Crippen LogP contribution is -2.11. The summed E-state index contributed by atoms with van der Waals surface area (Å²) < 4.78 is 5.42. The highest BCUT2D eigenvalue weighted by atomic mass is 32.1. The van der Waals surface area contributed by atoms with E-state index in [0.29, 0.717) is 16.5 Å². The second-order valence-electron chi connectivity index (χ2n) is 6.26. The first-order chi connectivity index (χ1) is 13.1. The summed E-state index contributed by atoms with van der Waals surface area (Å²) in [6.07, 6.45) is 0. The number of nitrogens with zero attached hydrogens (tertiary/aromatic N) is 1. The highest BCUT2D eigenvalue weighted by Gasteiger charge is 2.15. The van der Waals surface area contributed by atoms with E-state index in [4.69, 9.17) is 4.42 Å². The first kappa shape index (κ1) is 17.2. The van der Waals surface area contributed by atoms with Crippen LogP contribution in [0.1, 0.15) is 21.9 Å². The molecule has 0 bridgehead atoms. The molecule has 1 amide bonds. The van der Waals surface area contributed by atoms with Crippen LogP contribution in [0.25, 0.3) is 22.4 Å². The molecule has 0 radical (unpaired) electrons. The van der Waals surface area contributed by atoms with Gasteiger partial charge in [-0.2, -0.15) is 0 Å². The molecule has 0 fully saturated rings. The number of nitrogens with one attached hydrogen (secondary N) is 1. The van der Waals surface area contributed by atoms with Gasteiger partial charge >= 0.3 is 0 Å². The summed E-state index contributed by atoms with van der Waals surface area (Å²) in [5.41, 5.74) is 4.74. The molecule has 0 aliphatic rings. The quantitative estimate of drug-likeness (QED) is 0.481. The van der Waals surface area contributed by atoms with Gasteiger partial charge in [-0.25, -0.2) is 4.98 Å². The van der Waals surface area contributed by atoms with Gasteiger partial charge < -0.3 is 4.42 Å². The molecule has 134 valence electrons. The number of amides is 1. The lowest BCUT2D eigenvalue weighted by Gasteiger charge is -2.03. The van der Waals surface area contributed by atoms with Gasteiger partial charge in [-0.05, 0) is 31.0 Å². The molecule has 0 spiro atoms. The van der Waals surface area contributed by atoms with Gasteiger partial charge in [-0.3, -0.25) is 10.1 Å². The van der Waals surface area contributed by atoms with Crippen LogP contribution < -0.4 is 5.32 Å². The van der Waals surface area contributed by atoms with E-state index in [0.717, 1.165) is 22.6 Å². The number of carbonyl (C=O) groups is 1. The van der Waals surface area contributed by atoms with Gasteiger partial charge in [0.15, 0.2) is 5.13 Å². The zero-order valence-corrected chi connectivity index (χ0v) is 15.8. The van der Waals surface area contributed by atoms with Crippen molar-refractivity contribution in [1.82, 2.24) is 4.98 Å². The van der Waals surface area contributed by atoms with Gasteiger partial charge in [0.1, 0.15) is 11.5 Å². The van der Waals surface area contributed by atoms with Crippen LogP contribution in [-0.2, 0) is 0 Å². The second-order valence-corrected chi connectivity index (χ2v) is 7.12. The Morgan fingerprint density at radius 1 is 0.963 bits per heavy atom.